The molecule has 0 aliphatic carbocycles. The van der Waals surface area contributed by atoms with Crippen LogP contribution in [0.1, 0.15) is 37.0 Å². The van der Waals surface area contributed by atoms with Gasteiger partial charge in [-0.15, -0.1) is 15.3 Å². The van der Waals surface area contributed by atoms with Crippen LogP contribution in [0.4, 0.5) is 0 Å². The normalized spacial score (nSPS) is 12.9. The quantitative estimate of drug-likeness (QED) is 0.902. The van der Waals surface area contributed by atoms with Crippen molar-refractivity contribution >= 4 is 22.9 Å². The van der Waals surface area contributed by atoms with Crippen LogP contribution in [0.15, 0.2) is 0 Å². The maximum atomic E-state index is 4.25. The zero-order valence-corrected chi connectivity index (χ0v) is 11.7. The van der Waals surface area contributed by atoms with Gasteiger partial charge in [0.05, 0.1) is 11.7 Å². The summed E-state index contributed by atoms with van der Waals surface area (Å²) in [6, 6.07) is 0.284. The fourth-order valence-corrected chi connectivity index (χ4v) is 3.44. The van der Waals surface area contributed by atoms with E-state index in [9.17, 15) is 0 Å². The molecular weight excluding hydrogens is 254 g/mol. The van der Waals surface area contributed by atoms with Crippen molar-refractivity contribution in [1.29, 1.82) is 0 Å². The van der Waals surface area contributed by atoms with E-state index in [-0.39, 0.29) is 6.04 Å². The molecule has 0 aromatic carbocycles. The zero-order valence-electron chi connectivity index (χ0n) is 10.1. The first-order valence-electron chi connectivity index (χ1n) is 5.62. The second kappa shape index (κ2) is 5.61. The molecule has 92 valence electrons. The van der Waals surface area contributed by atoms with Gasteiger partial charge in [-0.2, -0.15) is 0 Å². The number of aromatic nitrogens is 4. The number of hydrogen-bond donors (Lipinski definition) is 1. The van der Waals surface area contributed by atoms with E-state index in [4.69, 9.17) is 0 Å². The third kappa shape index (κ3) is 2.51. The Balaban J connectivity index is 2.29. The van der Waals surface area contributed by atoms with Crippen molar-refractivity contribution in [2.45, 2.75) is 32.7 Å². The minimum absolute atomic E-state index is 0.284. The third-order valence-corrected chi connectivity index (χ3v) is 4.54. The number of nitrogens with one attached hydrogen (secondary N) is 1. The van der Waals surface area contributed by atoms with E-state index in [0.717, 1.165) is 33.4 Å². The van der Waals surface area contributed by atoms with E-state index in [2.05, 4.69) is 38.9 Å². The van der Waals surface area contributed by atoms with E-state index in [0.29, 0.717) is 0 Å². The Morgan fingerprint density at radius 1 is 1.24 bits per heavy atom. The maximum Gasteiger partial charge on any atom is 0.161 e. The third-order valence-electron chi connectivity index (χ3n) is 2.58. The molecule has 0 spiro atoms. The molecule has 0 amide bonds. The summed E-state index contributed by atoms with van der Waals surface area (Å²) in [6.07, 6.45) is 1.89. The fourth-order valence-electron chi connectivity index (χ4n) is 1.57. The Kier molecular flexibility index (Phi) is 4.14. The average Bonchev–Trinajstić information content (AvgIpc) is 2.98. The van der Waals surface area contributed by atoms with Gasteiger partial charge in [0, 0.05) is 0 Å². The minimum atomic E-state index is 0.284. The molecule has 0 fully saturated rings. The van der Waals surface area contributed by atoms with Crippen molar-refractivity contribution in [3.05, 3.63) is 10.7 Å². The number of rotatable bonds is 5. The average molecular weight is 269 g/mol. The molecule has 0 aliphatic heterocycles. The molecule has 2 heterocycles. The van der Waals surface area contributed by atoms with Crippen molar-refractivity contribution in [3.63, 3.8) is 0 Å². The van der Waals surface area contributed by atoms with Crippen LogP contribution >= 0.6 is 22.9 Å². The van der Waals surface area contributed by atoms with Crippen LogP contribution in [0.5, 0.6) is 0 Å². The highest BCUT2D eigenvalue weighted by molar-refractivity contribution is 7.19. The molecule has 1 N–H and O–H groups in total. The summed E-state index contributed by atoms with van der Waals surface area (Å²) < 4.78 is 3.98. The summed E-state index contributed by atoms with van der Waals surface area (Å²) in [4.78, 5) is 1.06. The lowest BCUT2D eigenvalue weighted by atomic mass is 10.2. The van der Waals surface area contributed by atoms with E-state index in [1.54, 1.807) is 11.3 Å². The molecule has 7 heteroatoms. The molecule has 2 aromatic heterocycles. The van der Waals surface area contributed by atoms with Crippen LogP contribution in [0.25, 0.3) is 9.88 Å². The molecule has 0 radical (unpaired) electrons. The first-order valence-corrected chi connectivity index (χ1v) is 7.21. The summed E-state index contributed by atoms with van der Waals surface area (Å²) in [5, 5.41) is 17.8. The van der Waals surface area contributed by atoms with Crippen LogP contribution < -0.4 is 5.32 Å². The Hall–Kier alpha value is -0.920. The Bertz CT molecular complexity index is 475. The van der Waals surface area contributed by atoms with Crippen LogP contribution in [0.2, 0.25) is 0 Å². The molecule has 17 heavy (non-hydrogen) atoms. The molecule has 0 saturated heterocycles. The summed E-state index contributed by atoms with van der Waals surface area (Å²) in [5.74, 6) is 0. The van der Waals surface area contributed by atoms with E-state index < -0.39 is 0 Å². The van der Waals surface area contributed by atoms with E-state index in [1.165, 1.54) is 11.5 Å². The molecule has 5 nitrogen and oxygen atoms in total. The molecular formula is C10H15N5S2. The molecule has 1 unspecified atom stereocenters. The highest BCUT2D eigenvalue weighted by atomic mass is 32.1. The van der Waals surface area contributed by atoms with Gasteiger partial charge >= 0.3 is 0 Å². The molecule has 0 aliphatic rings. The van der Waals surface area contributed by atoms with Crippen molar-refractivity contribution in [1.82, 2.24) is 25.1 Å². The highest BCUT2D eigenvalue weighted by Gasteiger charge is 2.17. The Morgan fingerprint density at radius 3 is 2.71 bits per heavy atom. The summed E-state index contributed by atoms with van der Waals surface area (Å²) in [5.41, 5.74) is 1.01. The first-order chi connectivity index (χ1) is 8.30. The van der Waals surface area contributed by atoms with Gasteiger partial charge in [0.2, 0.25) is 0 Å². The minimum Gasteiger partial charge on any atom is -0.311 e. The monoisotopic (exact) mass is 269 g/mol. The van der Waals surface area contributed by atoms with Crippen molar-refractivity contribution in [2.24, 2.45) is 0 Å². The lowest BCUT2D eigenvalue weighted by Crippen LogP contribution is -2.14. The summed E-state index contributed by atoms with van der Waals surface area (Å²) in [6.45, 7) is 4.21. The van der Waals surface area contributed by atoms with Crippen molar-refractivity contribution in [3.8, 4) is 9.88 Å². The Labute approximate surface area is 108 Å². The maximum absolute atomic E-state index is 4.25. The topological polar surface area (TPSA) is 63.6 Å². The van der Waals surface area contributed by atoms with Crippen LogP contribution in [-0.2, 0) is 6.42 Å². The van der Waals surface area contributed by atoms with Gasteiger partial charge in [-0.25, -0.2) is 0 Å². The number of hydrogen-bond acceptors (Lipinski definition) is 7. The molecule has 0 saturated carbocycles. The molecule has 2 aromatic rings. The second-order valence-corrected chi connectivity index (χ2v) is 5.36. The van der Waals surface area contributed by atoms with Gasteiger partial charge in [-0.3, -0.25) is 0 Å². The van der Waals surface area contributed by atoms with Gasteiger partial charge in [0.1, 0.15) is 9.88 Å². The Morgan fingerprint density at radius 2 is 2.06 bits per heavy atom. The smallest absolute Gasteiger partial charge is 0.161 e. The van der Waals surface area contributed by atoms with Crippen molar-refractivity contribution in [2.75, 3.05) is 7.05 Å². The zero-order chi connectivity index (χ0) is 12.3. The number of nitrogens with zero attached hydrogens (tertiary/aromatic N) is 4. The lowest BCUT2D eigenvalue weighted by Gasteiger charge is -2.07. The van der Waals surface area contributed by atoms with Gasteiger partial charge in [-0.05, 0) is 31.4 Å². The second-order valence-electron chi connectivity index (χ2n) is 3.60. The van der Waals surface area contributed by atoms with E-state index >= 15 is 0 Å². The highest BCUT2D eigenvalue weighted by Crippen LogP contribution is 2.31. The predicted octanol–water partition coefficient (Wildman–Crippen LogP) is 2.29. The summed E-state index contributed by atoms with van der Waals surface area (Å²) >= 11 is 3.02. The van der Waals surface area contributed by atoms with Crippen LogP contribution in [-0.4, -0.2) is 26.8 Å². The standard InChI is InChI=1S/C10H15N5S2/c1-4-6-8(17-15-12-6)10-14-13-9(16-10)7(5-2)11-3/h7,11H,4-5H2,1-3H3. The van der Waals surface area contributed by atoms with Gasteiger partial charge in [0.25, 0.3) is 0 Å². The summed E-state index contributed by atoms with van der Waals surface area (Å²) in [7, 11) is 1.95. The van der Waals surface area contributed by atoms with Gasteiger partial charge in [0.15, 0.2) is 5.01 Å². The van der Waals surface area contributed by atoms with Crippen LogP contribution in [0.3, 0.4) is 0 Å². The molecule has 0 bridgehead atoms. The van der Waals surface area contributed by atoms with Gasteiger partial charge in [-0.1, -0.05) is 29.7 Å². The SMILES string of the molecule is CCc1nnsc1-c1nnc(C(CC)NC)s1. The fraction of sp³-hybridized carbons (Fsp3) is 0.600. The van der Waals surface area contributed by atoms with Gasteiger partial charge < -0.3 is 5.32 Å². The predicted molar refractivity (Wildman–Crippen MR) is 70.3 cm³/mol. The van der Waals surface area contributed by atoms with Crippen molar-refractivity contribution < 1.29 is 0 Å². The number of aryl methyl sites for hydroxylation is 1. The van der Waals surface area contributed by atoms with Crippen LogP contribution in [0, 0.1) is 0 Å². The molecule has 2 rings (SSSR count). The first kappa shape index (κ1) is 12.5. The lowest BCUT2D eigenvalue weighted by molar-refractivity contribution is 0.568. The largest absolute Gasteiger partial charge is 0.311 e. The molecule has 1 atom stereocenters. The van der Waals surface area contributed by atoms with E-state index in [1.807, 2.05) is 7.05 Å².